The van der Waals surface area contributed by atoms with Gasteiger partial charge in [-0.25, -0.2) is 0 Å². The van der Waals surface area contributed by atoms with E-state index in [4.69, 9.17) is 0 Å². The van der Waals surface area contributed by atoms with Crippen molar-refractivity contribution in [1.82, 2.24) is 4.57 Å². The van der Waals surface area contributed by atoms with Gasteiger partial charge in [-0.05, 0) is 23.8 Å². The third-order valence-corrected chi connectivity index (χ3v) is 6.04. The van der Waals surface area contributed by atoms with Gasteiger partial charge < -0.3 is 9.47 Å². The molecule has 3 aromatic rings. The third kappa shape index (κ3) is 4.00. The predicted octanol–water partition coefficient (Wildman–Crippen LogP) is 4.75. The lowest BCUT2D eigenvalue weighted by Crippen LogP contribution is -2.42. The van der Waals surface area contributed by atoms with Gasteiger partial charge in [-0.2, -0.15) is 13.2 Å². The molecule has 0 bridgehead atoms. The van der Waals surface area contributed by atoms with Crippen LogP contribution in [0.1, 0.15) is 17.2 Å². The highest BCUT2D eigenvalue weighted by atomic mass is 32.2. The number of carbonyl (C=O) groups excluding carboxylic acids is 1. The summed E-state index contributed by atoms with van der Waals surface area (Å²) in [6, 6.07) is 18.1. The second-order valence-corrected chi connectivity index (χ2v) is 7.91. The molecule has 1 aromatic heterocycles. The summed E-state index contributed by atoms with van der Waals surface area (Å²) in [4.78, 5) is 27.9. The topological polar surface area (TPSA) is 42.3 Å². The first-order valence-corrected chi connectivity index (χ1v) is 10.2. The fourth-order valence-corrected chi connectivity index (χ4v) is 4.63. The van der Waals surface area contributed by atoms with Crippen LogP contribution < -0.4 is 10.5 Å². The molecule has 0 radical (unpaired) electrons. The zero-order valence-corrected chi connectivity index (χ0v) is 16.5. The van der Waals surface area contributed by atoms with Crippen molar-refractivity contribution >= 4 is 23.4 Å². The standard InChI is InChI=1S/C22H17F3N2O2S/c23-22(24,25)16-10-11-20(28)26(12-16)13-21(29)27-17-8-4-5-9-19(17)30-14-18(27)15-6-2-1-3-7-15/h1-12,18H,13-14H2/t18-/m1/s1. The Hall–Kier alpha value is -3.00. The van der Waals surface area contributed by atoms with E-state index in [1.807, 2.05) is 54.6 Å². The molecule has 0 aliphatic carbocycles. The third-order valence-electron chi connectivity index (χ3n) is 4.90. The van der Waals surface area contributed by atoms with Crippen molar-refractivity contribution in [3.05, 3.63) is 94.4 Å². The normalized spacial score (nSPS) is 16.2. The molecule has 1 aliphatic rings. The molecule has 0 N–H and O–H groups in total. The van der Waals surface area contributed by atoms with Gasteiger partial charge >= 0.3 is 6.18 Å². The van der Waals surface area contributed by atoms with Gasteiger partial charge in [0.05, 0.1) is 17.3 Å². The first-order valence-electron chi connectivity index (χ1n) is 9.21. The first kappa shape index (κ1) is 20.3. The van der Waals surface area contributed by atoms with Gasteiger partial charge in [-0.1, -0.05) is 42.5 Å². The second kappa shape index (κ2) is 8.02. The first-order chi connectivity index (χ1) is 14.3. The minimum Gasteiger partial charge on any atom is -0.305 e. The Balaban J connectivity index is 1.73. The number of carbonyl (C=O) groups is 1. The molecule has 154 valence electrons. The molecule has 0 saturated heterocycles. The molecule has 30 heavy (non-hydrogen) atoms. The highest BCUT2D eigenvalue weighted by Gasteiger charge is 2.34. The van der Waals surface area contributed by atoms with Crippen molar-refractivity contribution in [2.75, 3.05) is 10.7 Å². The van der Waals surface area contributed by atoms with Gasteiger partial charge in [0.1, 0.15) is 6.54 Å². The quantitative estimate of drug-likeness (QED) is 0.603. The Bertz CT molecular complexity index is 1130. The van der Waals surface area contributed by atoms with Gasteiger partial charge in [-0.15, -0.1) is 11.8 Å². The van der Waals surface area contributed by atoms with E-state index in [1.54, 1.807) is 16.7 Å². The van der Waals surface area contributed by atoms with E-state index in [2.05, 4.69) is 0 Å². The second-order valence-electron chi connectivity index (χ2n) is 6.85. The molecule has 4 rings (SSSR count). The average Bonchev–Trinajstić information content (AvgIpc) is 2.74. The van der Waals surface area contributed by atoms with E-state index in [9.17, 15) is 22.8 Å². The number of thioether (sulfide) groups is 1. The lowest BCUT2D eigenvalue weighted by atomic mass is 10.1. The lowest BCUT2D eigenvalue weighted by Gasteiger charge is -2.37. The summed E-state index contributed by atoms with van der Waals surface area (Å²) in [5, 5.41) is 0. The molecule has 2 heterocycles. The van der Waals surface area contributed by atoms with Crippen molar-refractivity contribution in [1.29, 1.82) is 0 Å². The minimum atomic E-state index is -4.60. The van der Waals surface area contributed by atoms with Crippen LogP contribution >= 0.6 is 11.8 Å². The number of halogens is 3. The summed E-state index contributed by atoms with van der Waals surface area (Å²) < 4.78 is 40.0. The van der Waals surface area contributed by atoms with Crippen molar-refractivity contribution < 1.29 is 18.0 Å². The number of nitrogens with zero attached hydrogens (tertiary/aromatic N) is 2. The van der Waals surface area contributed by atoms with E-state index < -0.39 is 29.8 Å². The van der Waals surface area contributed by atoms with Gasteiger partial charge in [0, 0.05) is 22.9 Å². The maximum absolute atomic E-state index is 13.3. The van der Waals surface area contributed by atoms with E-state index in [-0.39, 0.29) is 6.04 Å². The predicted molar refractivity (Wildman–Crippen MR) is 110 cm³/mol. The molecule has 1 aliphatic heterocycles. The van der Waals surface area contributed by atoms with E-state index in [0.29, 0.717) is 17.6 Å². The highest BCUT2D eigenvalue weighted by Crippen LogP contribution is 2.43. The van der Waals surface area contributed by atoms with Crippen molar-refractivity contribution in [2.24, 2.45) is 0 Å². The Morgan fingerprint density at radius 1 is 1.00 bits per heavy atom. The summed E-state index contributed by atoms with van der Waals surface area (Å²) in [5.74, 6) is 0.155. The minimum absolute atomic E-state index is 0.292. The largest absolute Gasteiger partial charge is 0.417 e. The van der Waals surface area contributed by atoms with Crippen LogP contribution in [0.4, 0.5) is 18.9 Å². The molecular weight excluding hydrogens is 413 g/mol. The van der Waals surface area contributed by atoms with Crippen LogP contribution in [0.5, 0.6) is 0 Å². The van der Waals surface area contributed by atoms with Crippen LogP contribution in [0, 0.1) is 0 Å². The van der Waals surface area contributed by atoms with E-state index in [1.165, 1.54) is 0 Å². The van der Waals surface area contributed by atoms with Crippen LogP contribution in [0.25, 0.3) is 0 Å². The van der Waals surface area contributed by atoms with Crippen molar-refractivity contribution in [3.63, 3.8) is 0 Å². The molecule has 0 saturated carbocycles. The fourth-order valence-electron chi connectivity index (χ4n) is 3.46. The summed E-state index contributed by atoms with van der Waals surface area (Å²) in [5.41, 5.74) is -0.0201. The van der Waals surface area contributed by atoms with Gasteiger partial charge in [0.2, 0.25) is 5.91 Å². The Labute approximate surface area is 174 Å². The van der Waals surface area contributed by atoms with Crippen LogP contribution in [0.15, 0.2) is 82.6 Å². The molecule has 0 fully saturated rings. The number of pyridine rings is 1. The lowest BCUT2D eigenvalue weighted by molar-refractivity contribution is -0.138. The molecule has 0 unspecified atom stereocenters. The number of amides is 1. The van der Waals surface area contributed by atoms with Gasteiger partial charge in [0.25, 0.3) is 5.56 Å². The van der Waals surface area contributed by atoms with Gasteiger partial charge in [0.15, 0.2) is 0 Å². The number of para-hydroxylation sites is 1. The summed E-state index contributed by atoms with van der Waals surface area (Å²) in [7, 11) is 0. The number of hydrogen-bond donors (Lipinski definition) is 0. The highest BCUT2D eigenvalue weighted by molar-refractivity contribution is 7.99. The Morgan fingerprint density at radius 2 is 1.70 bits per heavy atom. The number of rotatable bonds is 3. The molecule has 8 heteroatoms. The van der Waals surface area contributed by atoms with Crippen LogP contribution in [-0.4, -0.2) is 16.2 Å². The number of anilines is 1. The SMILES string of the molecule is O=C(Cn1cc(C(F)(F)F)ccc1=O)N1c2ccccc2SC[C@@H]1c1ccccc1. The number of aromatic nitrogens is 1. The van der Waals surface area contributed by atoms with Crippen LogP contribution in [0.2, 0.25) is 0 Å². The summed E-state index contributed by atoms with van der Waals surface area (Å²) in [6.07, 6.45) is -3.90. The van der Waals surface area contributed by atoms with Crippen LogP contribution in [-0.2, 0) is 17.5 Å². The molecule has 4 nitrogen and oxygen atoms in total. The molecule has 2 aromatic carbocycles. The Morgan fingerprint density at radius 3 is 2.43 bits per heavy atom. The number of fused-ring (bicyclic) bond motifs is 1. The smallest absolute Gasteiger partial charge is 0.305 e. The number of hydrogen-bond acceptors (Lipinski definition) is 3. The van der Waals surface area contributed by atoms with E-state index >= 15 is 0 Å². The fraction of sp³-hybridized carbons (Fsp3) is 0.182. The summed E-state index contributed by atoms with van der Waals surface area (Å²) >= 11 is 1.62. The Kier molecular flexibility index (Phi) is 5.42. The number of benzene rings is 2. The zero-order chi connectivity index (χ0) is 21.3. The zero-order valence-electron chi connectivity index (χ0n) is 15.7. The molecule has 1 amide bonds. The molecular formula is C22H17F3N2O2S. The monoisotopic (exact) mass is 430 g/mol. The van der Waals surface area contributed by atoms with Gasteiger partial charge in [-0.3, -0.25) is 9.59 Å². The van der Waals surface area contributed by atoms with Crippen molar-refractivity contribution in [3.8, 4) is 0 Å². The maximum Gasteiger partial charge on any atom is 0.417 e. The van der Waals surface area contributed by atoms with Crippen LogP contribution in [0.3, 0.4) is 0 Å². The molecule has 0 spiro atoms. The molecule has 1 atom stereocenters. The average molecular weight is 430 g/mol. The summed E-state index contributed by atoms with van der Waals surface area (Å²) in [6.45, 7) is -0.481. The van der Waals surface area contributed by atoms with Crippen molar-refractivity contribution in [2.45, 2.75) is 23.7 Å². The van der Waals surface area contributed by atoms with E-state index in [0.717, 1.165) is 27.2 Å². The maximum atomic E-state index is 13.3. The number of alkyl halides is 3.